The lowest BCUT2D eigenvalue weighted by Gasteiger charge is -2.29. The molecule has 0 amide bonds. The van der Waals surface area contributed by atoms with Crippen LogP contribution in [0.5, 0.6) is 0 Å². The Kier molecular flexibility index (Phi) is 6.45. The lowest BCUT2D eigenvalue weighted by Crippen LogP contribution is -2.35. The number of nitrogens with zero attached hydrogens (tertiary/aromatic N) is 4. The maximum Gasteiger partial charge on any atom is 0.227 e. The molecule has 7 heteroatoms. The summed E-state index contributed by atoms with van der Waals surface area (Å²) in [6, 6.07) is 0.137. The third-order valence-electron chi connectivity index (χ3n) is 3.57. The summed E-state index contributed by atoms with van der Waals surface area (Å²) >= 11 is 8.44. The lowest BCUT2D eigenvalue weighted by atomic mass is 10.1. The predicted octanol–water partition coefficient (Wildman–Crippen LogP) is 3.20. The van der Waals surface area contributed by atoms with E-state index in [1.165, 1.54) is 0 Å². The van der Waals surface area contributed by atoms with Gasteiger partial charge in [-0.25, -0.2) is 16.5 Å². The Labute approximate surface area is 144 Å². The van der Waals surface area contributed by atoms with Crippen LogP contribution in [0.2, 0.25) is 5.15 Å². The van der Waals surface area contributed by atoms with E-state index < -0.39 is 0 Å². The second kappa shape index (κ2) is 8.11. The van der Waals surface area contributed by atoms with Gasteiger partial charge < -0.3 is 14.5 Å². The summed E-state index contributed by atoms with van der Waals surface area (Å²) < 4.78 is 5.94. The minimum Gasteiger partial charge on any atom is -0.385 e. The van der Waals surface area contributed by atoms with Gasteiger partial charge in [-0.2, -0.15) is 0 Å². The van der Waals surface area contributed by atoms with Crippen molar-refractivity contribution in [2.75, 3.05) is 31.7 Å². The fraction of sp³-hybridized carbons (Fsp3) is 0.643. The molecule has 0 unspecified atom stereocenters. The first-order chi connectivity index (χ1) is 10.2. The fourth-order valence-electron chi connectivity index (χ4n) is 2.37. The summed E-state index contributed by atoms with van der Waals surface area (Å²) in [5.41, 5.74) is 0.972. The van der Waals surface area contributed by atoms with Crippen molar-refractivity contribution in [3.8, 4) is 0 Å². The van der Waals surface area contributed by atoms with Gasteiger partial charge in [-0.05, 0) is 35.4 Å². The molecule has 1 aromatic heterocycles. The van der Waals surface area contributed by atoms with E-state index in [1.54, 1.807) is 7.11 Å². The number of anilines is 1. The average molecular weight is 421 g/mol. The highest BCUT2D eigenvalue weighted by atomic mass is 127. The van der Waals surface area contributed by atoms with Gasteiger partial charge in [0, 0.05) is 39.6 Å². The molecule has 0 aliphatic carbocycles. The molecule has 1 aromatic rings. The maximum atomic E-state index is 7.11. The van der Waals surface area contributed by atoms with Crippen LogP contribution in [0.4, 0.5) is 5.82 Å². The zero-order chi connectivity index (χ0) is 15.2. The molecule has 114 valence electrons. The fourth-order valence-corrected chi connectivity index (χ4v) is 3.39. The number of ether oxygens (including phenoxy) is 1. The van der Waals surface area contributed by atoms with E-state index in [4.69, 9.17) is 27.9 Å². The van der Waals surface area contributed by atoms with Crippen LogP contribution in [-0.4, -0.2) is 42.8 Å². The molecule has 5 nitrogen and oxygen atoms in total. The van der Waals surface area contributed by atoms with Crippen LogP contribution in [0.1, 0.15) is 25.0 Å². The molecule has 1 saturated heterocycles. The highest BCUT2D eigenvalue weighted by Gasteiger charge is 2.25. The minimum absolute atomic E-state index is 0.137. The molecular weight excluding hydrogens is 403 g/mol. The van der Waals surface area contributed by atoms with Gasteiger partial charge in [0.1, 0.15) is 3.70 Å². The summed E-state index contributed by atoms with van der Waals surface area (Å²) in [6.07, 6.45) is 3.49. The van der Waals surface area contributed by atoms with Crippen molar-refractivity contribution in [1.29, 1.82) is 0 Å². The summed E-state index contributed by atoms with van der Waals surface area (Å²) in [7, 11) is 1.70. The lowest BCUT2D eigenvalue weighted by molar-refractivity contribution is 0.195. The van der Waals surface area contributed by atoms with E-state index in [0.717, 1.165) is 54.0 Å². The van der Waals surface area contributed by atoms with Crippen molar-refractivity contribution in [3.05, 3.63) is 26.0 Å². The van der Waals surface area contributed by atoms with Crippen LogP contribution in [0.3, 0.4) is 0 Å². The number of hydrogen-bond donors (Lipinski definition) is 0. The molecule has 1 fully saturated rings. The van der Waals surface area contributed by atoms with Crippen molar-refractivity contribution in [2.45, 2.75) is 31.7 Å². The average Bonchev–Trinajstić information content (AvgIpc) is 2.50. The van der Waals surface area contributed by atoms with E-state index in [0.29, 0.717) is 11.8 Å². The third-order valence-corrected chi connectivity index (χ3v) is 4.69. The number of aromatic nitrogens is 2. The van der Waals surface area contributed by atoms with Crippen LogP contribution in [-0.2, 0) is 11.2 Å². The van der Waals surface area contributed by atoms with E-state index in [2.05, 4.69) is 37.3 Å². The largest absolute Gasteiger partial charge is 0.385 e. The molecular formula is C14H18ClIN4O. The molecule has 0 atom stereocenters. The van der Waals surface area contributed by atoms with E-state index in [-0.39, 0.29) is 6.04 Å². The molecule has 1 aliphatic rings. The number of aryl methyl sites for hydroxylation is 1. The summed E-state index contributed by atoms with van der Waals surface area (Å²) in [4.78, 5) is 14.9. The van der Waals surface area contributed by atoms with Crippen LogP contribution in [0, 0.1) is 10.3 Å². The van der Waals surface area contributed by atoms with Gasteiger partial charge in [-0.1, -0.05) is 11.6 Å². The molecule has 2 heterocycles. The standard InChI is InChI=1S/C14H18ClIN4O/c1-17-10-5-7-20(8-6-10)14-12(15)19-13(16)11(18-14)4-3-9-21-2/h10H,3-9H2,2H3. The summed E-state index contributed by atoms with van der Waals surface area (Å²) in [6.45, 7) is 9.46. The number of hydrogen-bond acceptors (Lipinski definition) is 4. The van der Waals surface area contributed by atoms with Crippen LogP contribution in [0.15, 0.2) is 0 Å². The zero-order valence-electron chi connectivity index (χ0n) is 12.0. The molecule has 1 aliphatic heterocycles. The van der Waals surface area contributed by atoms with Crippen molar-refractivity contribution in [3.63, 3.8) is 0 Å². The van der Waals surface area contributed by atoms with Gasteiger partial charge in [-0.3, -0.25) is 0 Å². The second-order valence-corrected chi connectivity index (χ2v) is 6.40. The van der Waals surface area contributed by atoms with E-state index in [1.807, 2.05) is 0 Å². The number of piperidine rings is 1. The van der Waals surface area contributed by atoms with E-state index >= 15 is 0 Å². The Bertz CT molecular complexity index is 526. The number of methoxy groups -OCH3 is 1. The van der Waals surface area contributed by atoms with Crippen molar-refractivity contribution < 1.29 is 4.74 Å². The first-order valence-corrected chi connectivity index (χ1v) is 8.43. The van der Waals surface area contributed by atoms with Gasteiger partial charge in [0.25, 0.3) is 0 Å². The van der Waals surface area contributed by atoms with Crippen molar-refractivity contribution in [2.24, 2.45) is 0 Å². The van der Waals surface area contributed by atoms with Gasteiger partial charge in [0.15, 0.2) is 11.0 Å². The second-order valence-electron chi connectivity index (χ2n) is 5.02. The normalized spacial score (nSPS) is 16.0. The Morgan fingerprint density at radius 2 is 2.14 bits per heavy atom. The van der Waals surface area contributed by atoms with Gasteiger partial charge in [-0.15, -0.1) is 0 Å². The predicted molar refractivity (Wildman–Crippen MR) is 91.8 cm³/mol. The quantitative estimate of drug-likeness (QED) is 0.417. The molecule has 0 bridgehead atoms. The molecule has 0 N–H and O–H groups in total. The smallest absolute Gasteiger partial charge is 0.227 e. The molecule has 0 saturated carbocycles. The minimum atomic E-state index is 0.137. The zero-order valence-corrected chi connectivity index (χ0v) is 14.9. The molecule has 21 heavy (non-hydrogen) atoms. The number of halogens is 2. The molecule has 2 rings (SSSR count). The molecule has 0 radical (unpaired) electrons. The van der Waals surface area contributed by atoms with Crippen molar-refractivity contribution >= 4 is 40.0 Å². The summed E-state index contributed by atoms with van der Waals surface area (Å²) in [5, 5.41) is 0.455. The van der Waals surface area contributed by atoms with Crippen LogP contribution < -0.4 is 4.90 Å². The summed E-state index contributed by atoms with van der Waals surface area (Å²) in [5.74, 6) is 0.757. The maximum absolute atomic E-state index is 7.11. The third kappa shape index (κ3) is 4.41. The Morgan fingerprint density at radius 3 is 2.76 bits per heavy atom. The van der Waals surface area contributed by atoms with E-state index in [9.17, 15) is 0 Å². The van der Waals surface area contributed by atoms with Gasteiger partial charge in [0.05, 0.1) is 5.69 Å². The monoisotopic (exact) mass is 420 g/mol. The SMILES string of the molecule is [C-]#[N+]C1CCN(c2nc(CCCOC)c(I)nc2Cl)CC1. The first kappa shape index (κ1) is 16.7. The Morgan fingerprint density at radius 1 is 1.43 bits per heavy atom. The number of rotatable bonds is 5. The van der Waals surface area contributed by atoms with Gasteiger partial charge in [0.2, 0.25) is 6.04 Å². The Balaban J connectivity index is 2.12. The van der Waals surface area contributed by atoms with Crippen molar-refractivity contribution in [1.82, 2.24) is 9.97 Å². The molecule has 0 aromatic carbocycles. The van der Waals surface area contributed by atoms with Gasteiger partial charge >= 0.3 is 0 Å². The molecule has 0 spiro atoms. The van der Waals surface area contributed by atoms with Crippen LogP contribution >= 0.6 is 34.2 Å². The highest BCUT2D eigenvalue weighted by molar-refractivity contribution is 14.1. The first-order valence-electron chi connectivity index (χ1n) is 6.98. The topological polar surface area (TPSA) is 42.6 Å². The Hall–Kier alpha value is -0.650. The van der Waals surface area contributed by atoms with Crippen LogP contribution in [0.25, 0.3) is 4.85 Å². The highest BCUT2D eigenvalue weighted by Crippen LogP contribution is 2.27.